The van der Waals surface area contributed by atoms with Crippen LogP contribution in [-0.2, 0) is 6.18 Å². The summed E-state index contributed by atoms with van der Waals surface area (Å²) in [6.07, 6.45) is -3.34. The Balaban J connectivity index is 1.51. The fourth-order valence-corrected chi connectivity index (χ4v) is 5.17. The molecule has 14 heteroatoms. The average Bonchev–Trinajstić information content (AvgIpc) is 3.47. The van der Waals surface area contributed by atoms with Gasteiger partial charge in [-0.05, 0) is 77.8 Å². The minimum Gasteiger partial charge on any atom is -0.341 e. The van der Waals surface area contributed by atoms with Crippen molar-refractivity contribution in [1.82, 2.24) is 19.9 Å². The Morgan fingerprint density at radius 2 is 1.74 bits per heavy atom. The number of carbonyl (C=O) groups is 2. The molecule has 2 amide bonds. The van der Waals surface area contributed by atoms with Gasteiger partial charge in [-0.1, -0.05) is 11.6 Å². The number of pyridine rings is 1. The Morgan fingerprint density at radius 3 is 2.50 bits per heavy atom. The Bertz CT molecular complexity index is 1940. The number of rotatable bonds is 4. The maximum absolute atomic E-state index is 14.2. The van der Waals surface area contributed by atoms with E-state index < -0.39 is 46.8 Å². The summed E-state index contributed by atoms with van der Waals surface area (Å²) in [7, 11) is 0. The highest BCUT2D eigenvalue weighted by Crippen LogP contribution is 2.42. The van der Waals surface area contributed by atoms with E-state index in [0.29, 0.717) is 28.9 Å². The first-order valence-corrected chi connectivity index (χ1v) is 12.8. The summed E-state index contributed by atoms with van der Waals surface area (Å²) in [5, 5.41) is 9.38. The summed E-state index contributed by atoms with van der Waals surface area (Å²) < 4.78 is 69.6. The van der Waals surface area contributed by atoms with Gasteiger partial charge >= 0.3 is 6.18 Å². The SMILES string of the molecule is O=C(Nc1cc(-c2ccc3nc(Cl)nn3c2)cc2c1[C@H](c1cc(F)ccc1Cl)NC2=O)c1cc(F)cc(C(F)(F)F)c1. The molecule has 0 bridgehead atoms. The molecule has 2 N–H and O–H groups in total. The third kappa shape index (κ3) is 5.03. The average molecular weight is 618 g/mol. The smallest absolute Gasteiger partial charge is 0.341 e. The van der Waals surface area contributed by atoms with Crippen molar-refractivity contribution in [2.75, 3.05) is 5.32 Å². The zero-order valence-corrected chi connectivity index (χ0v) is 22.2. The molecule has 0 saturated carbocycles. The van der Waals surface area contributed by atoms with Crippen LogP contribution in [0.25, 0.3) is 16.8 Å². The van der Waals surface area contributed by atoms with Crippen molar-refractivity contribution < 1.29 is 31.5 Å². The summed E-state index contributed by atoms with van der Waals surface area (Å²) in [5.74, 6) is -3.57. The quantitative estimate of drug-likeness (QED) is 0.211. The van der Waals surface area contributed by atoms with Crippen molar-refractivity contribution in [3.63, 3.8) is 0 Å². The van der Waals surface area contributed by atoms with Crippen molar-refractivity contribution in [2.45, 2.75) is 12.2 Å². The van der Waals surface area contributed by atoms with Gasteiger partial charge < -0.3 is 10.6 Å². The lowest BCUT2D eigenvalue weighted by Crippen LogP contribution is -2.21. The lowest BCUT2D eigenvalue weighted by molar-refractivity contribution is -0.137. The number of hydrogen-bond acceptors (Lipinski definition) is 4. The number of alkyl halides is 3. The van der Waals surface area contributed by atoms with Gasteiger partial charge in [0.2, 0.25) is 5.28 Å². The van der Waals surface area contributed by atoms with Gasteiger partial charge in [0.15, 0.2) is 5.65 Å². The van der Waals surface area contributed by atoms with Crippen LogP contribution in [0.3, 0.4) is 0 Å². The molecule has 5 aromatic rings. The Labute approximate surface area is 242 Å². The first-order valence-electron chi connectivity index (χ1n) is 12.0. The third-order valence-electron chi connectivity index (χ3n) is 6.63. The zero-order chi connectivity index (χ0) is 29.9. The number of hydrogen-bond donors (Lipinski definition) is 2. The summed E-state index contributed by atoms with van der Waals surface area (Å²) in [6.45, 7) is 0. The number of fused-ring (bicyclic) bond motifs is 2. The van der Waals surface area contributed by atoms with E-state index in [2.05, 4.69) is 20.7 Å². The highest BCUT2D eigenvalue weighted by molar-refractivity contribution is 6.31. The van der Waals surface area contributed by atoms with Gasteiger partial charge in [0.05, 0.1) is 11.6 Å². The number of carbonyl (C=O) groups excluding carboxylic acids is 2. The molecule has 2 aromatic heterocycles. The molecule has 42 heavy (non-hydrogen) atoms. The zero-order valence-electron chi connectivity index (χ0n) is 20.7. The minimum atomic E-state index is -4.91. The van der Waals surface area contributed by atoms with Gasteiger partial charge in [0.1, 0.15) is 11.6 Å². The molecule has 1 atom stereocenters. The molecule has 7 nitrogen and oxygen atoms in total. The monoisotopic (exact) mass is 617 g/mol. The number of halogens is 7. The van der Waals surface area contributed by atoms with Crippen LogP contribution in [0.15, 0.2) is 66.9 Å². The lowest BCUT2D eigenvalue weighted by Gasteiger charge is -2.19. The fraction of sp³-hybridized carbons (Fsp3) is 0.0714. The second-order valence-corrected chi connectivity index (χ2v) is 10.1. The van der Waals surface area contributed by atoms with Crippen LogP contribution < -0.4 is 10.6 Å². The lowest BCUT2D eigenvalue weighted by atomic mass is 9.93. The fourth-order valence-electron chi connectivity index (χ4n) is 4.78. The molecule has 3 heterocycles. The number of nitrogens with one attached hydrogen (secondary N) is 2. The van der Waals surface area contributed by atoms with Gasteiger partial charge in [-0.3, -0.25) is 9.59 Å². The van der Waals surface area contributed by atoms with Crippen LogP contribution in [-0.4, -0.2) is 26.4 Å². The summed E-state index contributed by atoms with van der Waals surface area (Å²) in [4.78, 5) is 30.5. The molecule has 0 aliphatic carbocycles. The van der Waals surface area contributed by atoms with E-state index in [1.54, 1.807) is 18.3 Å². The first-order chi connectivity index (χ1) is 19.9. The maximum atomic E-state index is 14.2. The molecule has 212 valence electrons. The van der Waals surface area contributed by atoms with Crippen molar-refractivity contribution in [1.29, 1.82) is 0 Å². The van der Waals surface area contributed by atoms with Crippen LogP contribution in [0.5, 0.6) is 0 Å². The van der Waals surface area contributed by atoms with E-state index in [9.17, 15) is 31.5 Å². The highest BCUT2D eigenvalue weighted by atomic mass is 35.5. The van der Waals surface area contributed by atoms with E-state index in [1.165, 1.54) is 22.7 Å². The van der Waals surface area contributed by atoms with Crippen molar-refractivity contribution >= 4 is 46.4 Å². The second-order valence-electron chi connectivity index (χ2n) is 9.34. The predicted molar refractivity (Wildman–Crippen MR) is 144 cm³/mol. The molecule has 1 aliphatic heterocycles. The van der Waals surface area contributed by atoms with E-state index in [0.717, 1.165) is 12.1 Å². The minimum absolute atomic E-state index is 0.00318. The molecule has 1 aliphatic rings. The topological polar surface area (TPSA) is 88.4 Å². The predicted octanol–water partition coefficient (Wildman–Crippen LogP) is 7.09. The Hall–Kier alpha value is -4.55. The normalized spacial score (nSPS) is 14.6. The number of amides is 2. The Kier molecular flexibility index (Phi) is 6.62. The van der Waals surface area contributed by atoms with Crippen molar-refractivity contribution in [3.8, 4) is 11.1 Å². The van der Waals surface area contributed by atoms with E-state index >= 15 is 0 Å². The van der Waals surface area contributed by atoms with E-state index in [1.807, 2.05) is 0 Å². The molecule has 6 rings (SSSR count). The molecule has 3 aromatic carbocycles. The summed E-state index contributed by atoms with van der Waals surface area (Å²) >= 11 is 12.2. The Morgan fingerprint density at radius 1 is 0.952 bits per heavy atom. The standard InChI is InChI=1S/C28H14Cl2F5N5O2/c29-20-3-2-16(31)10-18(20)24-23-19(26(42)38-24)7-13(12-1-4-22-37-27(30)39-40(22)11-12)8-21(23)36-25(41)14-5-15(28(33,34)35)9-17(32)6-14/h1-11,24H,(H,36,41)(H,38,42)/t24-/m0/s1. The van der Waals surface area contributed by atoms with Crippen LogP contribution in [0.2, 0.25) is 10.3 Å². The molecule has 0 radical (unpaired) electrons. The molecule has 0 saturated heterocycles. The van der Waals surface area contributed by atoms with Crippen molar-refractivity contribution in [3.05, 3.63) is 117 Å². The molecular weight excluding hydrogens is 604 g/mol. The maximum Gasteiger partial charge on any atom is 0.416 e. The molecular formula is C28H14Cl2F5N5O2. The van der Waals surface area contributed by atoms with Crippen LogP contribution in [0.1, 0.15) is 43.4 Å². The highest BCUT2D eigenvalue weighted by Gasteiger charge is 2.36. The van der Waals surface area contributed by atoms with Gasteiger partial charge in [0, 0.05) is 44.7 Å². The van der Waals surface area contributed by atoms with Gasteiger partial charge in [-0.15, -0.1) is 5.10 Å². The second kappa shape index (κ2) is 10.1. The van der Waals surface area contributed by atoms with Gasteiger partial charge in [-0.25, -0.2) is 13.3 Å². The molecule has 0 spiro atoms. The number of aromatic nitrogens is 3. The van der Waals surface area contributed by atoms with Crippen molar-refractivity contribution in [2.24, 2.45) is 0 Å². The van der Waals surface area contributed by atoms with Gasteiger partial charge in [0.25, 0.3) is 11.8 Å². The number of anilines is 1. The van der Waals surface area contributed by atoms with Crippen LogP contribution in [0, 0.1) is 11.6 Å². The third-order valence-corrected chi connectivity index (χ3v) is 7.14. The van der Waals surface area contributed by atoms with Crippen LogP contribution >= 0.6 is 23.2 Å². The summed E-state index contributed by atoms with van der Waals surface area (Å²) in [6, 6.07) is 10.2. The van der Waals surface area contributed by atoms with E-state index in [4.69, 9.17) is 23.2 Å². The molecule has 0 unspecified atom stereocenters. The largest absolute Gasteiger partial charge is 0.416 e. The van der Waals surface area contributed by atoms with Crippen LogP contribution in [0.4, 0.5) is 27.6 Å². The number of nitrogens with zero attached hydrogens (tertiary/aromatic N) is 3. The molecule has 0 fully saturated rings. The number of benzene rings is 3. The first kappa shape index (κ1) is 27.6. The summed E-state index contributed by atoms with van der Waals surface area (Å²) in [5.41, 5.74) is -0.195. The van der Waals surface area contributed by atoms with E-state index in [-0.39, 0.29) is 38.8 Å². The van der Waals surface area contributed by atoms with Gasteiger partial charge in [-0.2, -0.15) is 18.2 Å².